The van der Waals surface area contributed by atoms with Gasteiger partial charge in [-0.05, 0) is 55.6 Å². The Balaban J connectivity index is 1.65. The molecule has 1 aromatic heterocycles. The summed E-state index contributed by atoms with van der Waals surface area (Å²) >= 11 is 0. The van der Waals surface area contributed by atoms with E-state index in [2.05, 4.69) is 33.8 Å². The number of amides is 1. The second kappa shape index (κ2) is 9.03. The third-order valence-electron chi connectivity index (χ3n) is 6.08. The zero-order chi connectivity index (χ0) is 20.1. The van der Waals surface area contributed by atoms with Crippen molar-refractivity contribution in [2.75, 3.05) is 26.3 Å². The minimum Gasteiger partial charge on any atom is -0.372 e. The van der Waals surface area contributed by atoms with Crippen molar-refractivity contribution in [2.24, 2.45) is 0 Å². The van der Waals surface area contributed by atoms with Crippen LogP contribution < -0.4 is 10.6 Å². The Kier molecular flexibility index (Phi) is 6.23. The van der Waals surface area contributed by atoms with E-state index < -0.39 is 0 Å². The Morgan fingerprint density at radius 3 is 2.83 bits per heavy atom. The van der Waals surface area contributed by atoms with Crippen molar-refractivity contribution in [3.05, 3.63) is 65.5 Å². The van der Waals surface area contributed by atoms with E-state index in [4.69, 9.17) is 9.47 Å². The van der Waals surface area contributed by atoms with Crippen LogP contribution in [-0.2, 0) is 26.3 Å². The molecule has 2 aliphatic rings. The minimum absolute atomic E-state index is 0.0685. The molecule has 1 spiro atoms. The van der Waals surface area contributed by atoms with Gasteiger partial charge in [0.1, 0.15) is 6.61 Å². The zero-order valence-electron chi connectivity index (χ0n) is 16.9. The van der Waals surface area contributed by atoms with Crippen molar-refractivity contribution in [3.8, 4) is 0 Å². The molecule has 154 valence electrons. The maximum Gasteiger partial charge on any atom is 0.246 e. The number of fused-ring (bicyclic) bond motifs is 2. The van der Waals surface area contributed by atoms with Gasteiger partial charge in [0, 0.05) is 24.4 Å². The van der Waals surface area contributed by atoms with E-state index in [0.717, 1.165) is 37.1 Å². The lowest BCUT2D eigenvalue weighted by Crippen LogP contribution is -2.50. The van der Waals surface area contributed by atoms with Gasteiger partial charge >= 0.3 is 0 Å². The van der Waals surface area contributed by atoms with Crippen LogP contribution in [0.15, 0.2) is 48.8 Å². The fourth-order valence-electron chi connectivity index (χ4n) is 4.77. The number of carbonyl (C=O) groups is 1. The summed E-state index contributed by atoms with van der Waals surface area (Å²) in [5.74, 6) is -0.104. The molecule has 4 rings (SSSR count). The van der Waals surface area contributed by atoms with Crippen molar-refractivity contribution >= 4 is 5.91 Å². The molecule has 29 heavy (non-hydrogen) atoms. The van der Waals surface area contributed by atoms with Gasteiger partial charge in [-0.2, -0.15) is 0 Å². The SMILES string of the molecule is CCOCC(=O)N[C@@H]1c2ccccc2C2(CCNCC2)[C@H]1OCc1cccnc1. The number of benzene rings is 1. The van der Waals surface area contributed by atoms with E-state index in [1.54, 1.807) is 6.20 Å². The van der Waals surface area contributed by atoms with Crippen LogP contribution in [0.5, 0.6) is 0 Å². The number of hydrogen-bond donors (Lipinski definition) is 2. The van der Waals surface area contributed by atoms with E-state index in [1.165, 1.54) is 5.56 Å². The van der Waals surface area contributed by atoms with Gasteiger partial charge < -0.3 is 20.1 Å². The molecule has 0 saturated carbocycles. The Morgan fingerprint density at radius 2 is 2.07 bits per heavy atom. The first-order valence-electron chi connectivity index (χ1n) is 10.4. The van der Waals surface area contributed by atoms with Crippen LogP contribution in [0.3, 0.4) is 0 Å². The van der Waals surface area contributed by atoms with Crippen LogP contribution in [0.2, 0.25) is 0 Å². The Bertz CT molecular complexity index is 821. The molecular formula is C23H29N3O3. The maximum absolute atomic E-state index is 12.5. The Morgan fingerprint density at radius 1 is 1.24 bits per heavy atom. The zero-order valence-corrected chi connectivity index (χ0v) is 16.9. The fourth-order valence-corrected chi connectivity index (χ4v) is 4.77. The molecular weight excluding hydrogens is 366 g/mol. The molecule has 2 heterocycles. The van der Waals surface area contributed by atoms with Crippen LogP contribution in [0.1, 0.15) is 42.5 Å². The van der Waals surface area contributed by atoms with E-state index in [0.29, 0.717) is 13.2 Å². The smallest absolute Gasteiger partial charge is 0.246 e. The average molecular weight is 396 g/mol. The molecule has 6 heteroatoms. The summed E-state index contributed by atoms with van der Waals surface area (Å²) < 4.78 is 11.9. The molecule has 1 saturated heterocycles. The Hall–Kier alpha value is -2.28. The summed E-state index contributed by atoms with van der Waals surface area (Å²) in [7, 11) is 0. The maximum atomic E-state index is 12.5. The lowest BCUT2D eigenvalue weighted by atomic mass is 9.72. The van der Waals surface area contributed by atoms with Gasteiger partial charge in [0.25, 0.3) is 0 Å². The first kappa shape index (κ1) is 20.0. The molecule has 1 aliphatic heterocycles. The average Bonchev–Trinajstić information content (AvgIpc) is 3.01. The molecule has 2 aromatic rings. The highest BCUT2D eigenvalue weighted by Crippen LogP contribution is 2.51. The normalized spacial score (nSPS) is 22.4. The van der Waals surface area contributed by atoms with Crippen molar-refractivity contribution < 1.29 is 14.3 Å². The van der Waals surface area contributed by atoms with Crippen molar-refractivity contribution in [2.45, 2.75) is 43.9 Å². The van der Waals surface area contributed by atoms with Crippen LogP contribution in [-0.4, -0.2) is 43.3 Å². The third kappa shape index (κ3) is 4.06. The topological polar surface area (TPSA) is 72.5 Å². The molecule has 2 N–H and O–H groups in total. The van der Waals surface area contributed by atoms with Gasteiger partial charge in [0.05, 0.1) is 18.8 Å². The van der Waals surface area contributed by atoms with E-state index in [1.807, 2.05) is 31.3 Å². The molecule has 0 radical (unpaired) electrons. The molecule has 1 amide bonds. The van der Waals surface area contributed by atoms with Crippen LogP contribution in [0.4, 0.5) is 0 Å². The number of piperidine rings is 1. The molecule has 0 unspecified atom stereocenters. The Labute approximate surface area is 172 Å². The van der Waals surface area contributed by atoms with E-state index >= 15 is 0 Å². The first-order chi connectivity index (χ1) is 14.2. The number of carbonyl (C=O) groups excluding carboxylic acids is 1. The summed E-state index contributed by atoms with van der Waals surface area (Å²) in [5.41, 5.74) is 3.40. The highest BCUT2D eigenvalue weighted by atomic mass is 16.5. The highest BCUT2D eigenvalue weighted by Gasteiger charge is 2.53. The number of pyridine rings is 1. The summed E-state index contributed by atoms with van der Waals surface area (Å²) in [4.78, 5) is 16.7. The van der Waals surface area contributed by atoms with Gasteiger partial charge in [-0.1, -0.05) is 30.3 Å². The summed E-state index contributed by atoms with van der Waals surface area (Å²) in [6.07, 6.45) is 5.44. The molecule has 6 nitrogen and oxygen atoms in total. The van der Waals surface area contributed by atoms with Crippen LogP contribution in [0, 0.1) is 0 Å². The van der Waals surface area contributed by atoms with Gasteiger partial charge in [-0.15, -0.1) is 0 Å². The van der Waals surface area contributed by atoms with Crippen molar-refractivity contribution in [3.63, 3.8) is 0 Å². The van der Waals surface area contributed by atoms with Crippen LogP contribution >= 0.6 is 0 Å². The van der Waals surface area contributed by atoms with Gasteiger partial charge in [0.15, 0.2) is 0 Å². The van der Waals surface area contributed by atoms with Crippen molar-refractivity contribution in [1.29, 1.82) is 0 Å². The molecule has 2 atom stereocenters. The van der Waals surface area contributed by atoms with Crippen LogP contribution in [0.25, 0.3) is 0 Å². The summed E-state index contributed by atoms with van der Waals surface area (Å²) in [6, 6.07) is 12.2. The third-order valence-corrected chi connectivity index (χ3v) is 6.08. The number of nitrogens with zero attached hydrogens (tertiary/aromatic N) is 1. The lowest BCUT2D eigenvalue weighted by molar-refractivity contribution is -0.128. The predicted octanol–water partition coefficient (Wildman–Crippen LogP) is 2.50. The lowest BCUT2D eigenvalue weighted by Gasteiger charge is -2.41. The predicted molar refractivity (Wildman–Crippen MR) is 110 cm³/mol. The quantitative estimate of drug-likeness (QED) is 0.754. The standard InChI is InChI=1S/C23H29N3O3/c1-2-28-16-20(27)26-21-18-7-3-4-8-19(18)23(9-12-24-13-10-23)22(21)29-15-17-6-5-11-25-14-17/h3-8,11,14,21-22,24H,2,9-10,12-13,15-16H2,1H3,(H,26,27)/t21-,22+/m1/s1. The number of aromatic nitrogens is 1. The summed E-state index contributed by atoms with van der Waals surface area (Å²) in [5, 5.41) is 6.67. The molecule has 1 fully saturated rings. The molecule has 1 aromatic carbocycles. The largest absolute Gasteiger partial charge is 0.372 e. The van der Waals surface area contributed by atoms with Gasteiger partial charge in [-0.25, -0.2) is 0 Å². The van der Waals surface area contributed by atoms with Crippen molar-refractivity contribution in [1.82, 2.24) is 15.6 Å². The second-order valence-corrected chi connectivity index (χ2v) is 7.77. The monoisotopic (exact) mass is 395 g/mol. The number of nitrogens with one attached hydrogen (secondary N) is 2. The number of ether oxygens (including phenoxy) is 2. The van der Waals surface area contributed by atoms with Gasteiger partial charge in [0.2, 0.25) is 5.91 Å². The minimum atomic E-state index is -0.186. The van der Waals surface area contributed by atoms with Gasteiger partial charge in [-0.3, -0.25) is 9.78 Å². The number of hydrogen-bond acceptors (Lipinski definition) is 5. The second-order valence-electron chi connectivity index (χ2n) is 7.77. The molecule has 1 aliphatic carbocycles. The van der Waals surface area contributed by atoms with E-state index in [-0.39, 0.29) is 30.1 Å². The first-order valence-corrected chi connectivity index (χ1v) is 10.4. The summed E-state index contributed by atoms with van der Waals surface area (Å²) in [6.45, 7) is 4.84. The van der Waals surface area contributed by atoms with E-state index in [9.17, 15) is 4.79 Å². The highest BCUT2D eigenvalue weighted by molar-refractivity contribution is 5.78. The number of rotatable bonds is 7. The fraction of sp³-hybridized carbons (Fsp3) is 0.478. The molecule has 0 bridgehead atoms.